The molecule has 4 rings (SSSR count). The Hall–Kier alpha value is -0.970. The first kappa shape index (κ1) is 16.5. The highest BCUT2D eigenvalue weighted by molar-refractivity contribution is 6.01. The second-order valence-corrected chi connectivity index (χ2v) is 9.09. The third-order valence-electron chi connectivity index (χ3n) is 8.21. The van der Waals surface area contributed by atoms with Gasteiger partial charge >= 0.3 is 0 Å². The number of allylic oxidation sites excluding steroid dienone is 3. The van der Waals surface area contributed by atoms with Gasteiger partial charge in [-0.2, -0.15) is 0 Å². The van der Waals surface area contributed by atoms with Crippen molar-refractivity contribution in [2.45, 2.75) is 64.3 Å². The van der Waals surface area contributed by atoms with Crippen LogP contribution in [0.2, 0.25) is 0 Å². The van der Waals surface area contributed by atoms with Crippen LogP contribution in [0.3, 0.4) is 0 Å². The average Bonchev–Trinajstić information content (AvgIpc) is 2.75. The van der Waals surface area contributed by atoms with E-state index in [9.17, 15) is 20.1 Å². The molecule has 0 saturated heterocycles. The minimum Gasteiger partial charge on any atom is -0.392 e. The molecule has 4 heteroatoms. The highest BCUT2D eigenvalue weighted by atomic mass is 16.3. The maximum absolute atomic E-state index is 11.8. The van der Waals surface area contributed by atoms with Gasteiger partial charge in [0.15, 0.2) is 5.78 Å². The minimum atomic E-state index is -0.873. The number of hydrogen-bond acceptors (Lipinski definition) is 4. The fraction of sp³-hybridized carbons (Fsp3) is 0.750. The van der Waals surface area contributed by atoms with Crippen molar-refractivity contribution in [2.24, 2.45) is 28.6 Å². The van der Waals surface area contributed by atoms with Gasteiger partial charge < -0.3 is 15.3 Å². The molecule has 0 aromatic carbocycles. The number of rotatable bonds is 0. The highest BCUT2D eigenvalue weighted by Gasteiger charge is 2.66. The summed E-state index contributed by atoms with van der Waals surface area (Å²) < 4.78 is 0. The maximum Gasteiger partial charge on any atom is 0.178 e. The lowest BCUT2D eigenvalue weighted by molar-refractivity contribution is -0.183. The Bertz CT molecular complexity index is 648. The summed E-state index contributed by atoms with van der Waals surface area (Å²) >= 11 is 0. The van der Waals surface area contributed by atoms with E-state index >= 15 is 0 Å². The first-order valence-electron chi connectivity index (χ1n) is 9.15. The summed E-state index contributed by atoms with van der Waals surface area (Å²) in [6, 6.07) is 0. The smallest absolute Gasteiger partial charge is 0.178 e. The number of aliphatic hydroxyl groups is 3. The Kier molecular flexibility index (Phi) is 3.30. The van der Waals surface area contributed by atoms with Crippen LogP contribution in [-0.4, -0.2) is 38.9 Å². The van der Waals surface area contributed by atoms with E-state index in [2.05, 4.69) is 6.92 Å². The van der Waals surface area contributed by atoms with Crippen molar-refractivity contribution in [3.05, 3.63) is 23.8 Å². The zero-order valence-electron chi connectivity index (χ0n) is 14.7. The highest BCUT2D eigenvalue weighted by Crippen LogP contribution is 2.66. The molecule has 3 saturated carbocycles. The molecule has 0 aromatic heterocycles. The van der Waals surface area contributed by atoms with Gasteiger partial charge in [0.2, 0.25) is 0 Å². The zero-order valence-corrected chi connectivity index (χ0v) is 14.7. The van der Waals surface area contributed by atoms with Gasteiger partial charge in [-0.25, -0.2) is 0 Å². The maximum atomic E-state index is 11.8. The number of aliphatic hydroxyl groups excluding tert-OH is 2. The minimum absolute atomic E-state index is 0.0648. The van der Waals surface area contributed by atoms with E-state index in [4.69, 9.17) is 0 Å². The third kappa shape index (κ3) is 1.82. The fourth-order valence-electron chi connectivity index (χ4n) is 6.51. The summed E-state index contributed by atoms with van der Waals surface area (Å²) in [5, 5.41) is 32.7. The van der Waals surface area contributed by atoms with E-state index in [1.165, 1.54) is 0 Å². The van der Waals surface area contributed by atoms with Crippen molar-refractivity contribution < 1.29 is 20.1 Å². The van der Waals surface area contributed by atoms with Crippen LogP contribution in [0.25, 0.3) is 0 Å². The molecule has 4 aliphatic rings. The summed E-state index contributed by atoms with van der Waals surface area (Å²) in [5.74, 6) is 0.575. The first-order valence-corrected chi connectivity index (χ1v) is 9.15. The molecule has 0 aliphatic heterocycles. The molecule has 0 spiro atoms. The number of ketones is 1. The predicted octanol–water partition coefficient (Wildman–Crippen LogP) is 1.99. The van der Waals surface area contributed by atoms with Crippen molar-refractivity contribution in [3.63, 3.8) is 0 Å². The van der Waals surface area contributed by atoms with Crippen LogP contribution in [0.4, 0.5) is 0 Å². The number of fused-ring (bicyclic) bond motifs is 5. The molecular formula is C20H28O4. The molecule has 4 aliphatic carbocycles. The molecule has 132 valence electrons. The van der Waals surface area contributed by atoms with Gasteiger partial charge in [0.25, 0.3) is 0 Å². The SMILES string of the molecule is C[C@]12[C@H](O)C[C@H]3[C@@H](C[C@@H](O)C4=CC(=O)C=C[C@@]43C)[C@@H]1CC[C@]2(C)O. The molecule has 0 radical (unpaired) electrons. The van der Waals surface area contributed by atoms with Gasteiger partial charge in [0.05, 0.1) is 17.8 Å². The van der Waals surface area contributed by atoms with Gasteiger partial charge in [-0.3, -0.25) is 4.79 Å². The standard InChI is InChI=1S/C20H28O4/c1-18-6-4-11(21)8-15(18)16(22)9-12-13-5-7-19(2,24)20(13,3)17(23)10-14(12)18/h4,6,8,12-14,16-17,22-24H,5,7,9-10H2,1-3H3/t12-,13-,14-,16+,17+,18+,19-,20+/m0/s1. The zero-order chi connectivity index (χ0) is 17.5. The Balaban J connectivity index is 1.79. The molecule has 0 bridgehead atoms. The van der Waals surface area contributed by atoms with E-state index in [0.29, 0.717) is 19.3 Å². The molecule has 0 heterocycles. The summed E-state index contributed by atoms with van der Waals surface area (Å²) in [4.78, 5) is 11.8. The molecule has 0 unspecified atom stereocenters. The predicted molar refractivity (Wildman–Crippen MR) is 90.0 cm³/mol. The number of carbonyl (C=O) groups excluding carboxylic acids is 1. The van der Waals surface area contributed by atoms with Crippen LogP contribution < -0.4 is 0 Å². The Morgan fingerprint density at radius 1 is 1.12 bits per heavy atom. The molecule has 0 amide bonds. The molecule has 0 aromatic rings. The van der Waals surface area contributed by atoms with Crippen molar-refractivity contribution in [1.29, 1.82) is 0 Å². The average molecular weight is 332 g/mol. The lowest BCUT2D eigenvalue weighted by atomic mass is 9.46. The number of carbonyl (C=O) groups is 1. The van der Waals surface area contributed by atoms with Crippen LogP contribution >= 0.6 is 0 Å². The van der Waals surface area contributed by atoms with E-state index < -0.39 is 23.2 Å². The second-order valence-electron chi connectivity index (χ2n) is 9.09. The van der Waals surface area contributed by atoms with Gasteiger partial charge in [-0.05, 0) is 68.1 Å². The van der Waals surface area contributed by atoms with E-state index in [0.717, 1.165) is 12.0 Å². The second kappa shape index (κ2) is 4.80. The summed E-state index contributed by atoms with van der Waals surface area (Å²) in [7, 11) is 0. The molecule has 3 fully saturated rings. The van der Waals surface area contributed by atoms with Crippen molar-refractivity contribution in [3.8, 4) is 0 Å². The van der Waals surface area contributed by atoms with Crippen molar-refractivity contribution in [2.75, 3.05) is 0 Å². The third-order valence-corrected chi connectivity index (χ3v) is 8.21. The summed E-state index contributed by atoms with van der Waals surface area (Å²) in [5.41, 5.74) is -0.980. The van der Waals surface area contributed by atoms with Crippen LogP contribution in [0.1, 0.15) is 46.5 Å². The summed E-state index contributed by atoms with van der Waals surface area (Å²) in [6.07, 6.45) is 6.74. The molecule has 8 atom stereocenters. The lowest BCUT2D eigenvalue weighted by Gasteiger charge is -2.60. The Morgan fingerprint density at radius 3 is 2.54 bits per heavy atom. The molecule has 3 N–H and O–H groups in total. The van der Waals surface area contributed by atoms with Crippen molar-refractivity contribution in [1.82, 2.24) is 0 Å². The fourth-order valence-corrected chi connectivity index (χ4v) is 6.51. The van der Waals surface area contributed by atoms with Crippen LogP contribution in [-0.2, 0) is 4.79 Å². The van der Waals surface area contributed by atoms with Crippen LogP contribution in [0.5, 0.6) is 0 Å². The Morgan fingerprint density at radius 2 is 1.83 bits per heavy atom. The summed E-state index contributed by atoms with van der Waals surface area (Å²) in [6.45, 7) is 5.96. The van der Waals surface area contributed by atoms with Gasteiger partial charge in [0, 0.05) is 10.8 Å². The monoisotopic (exact) mass is 332 g/mol. The Labute approximate surface area is 143 Å². The van der Waals surface area contributed by atoms with E-state index in [-0.39, 0.29) is 29.0 Å². The first-order chi connectivity index (χ1) is 11.1. The van der Waals surface area contributed by atoms with Gasteiger partial charge in [0.1, 0.15) is 0 Å². The van der Waals surface area contributed by atoms with E-state index in [1.54, 1.807) is 12.2 Å². The lowest BCUT2D eigenvalue weighted by Crippen LogP contribution is -2.61. The molecular weight excluding hydrogens is 304 g/mol. The van der Waals surface area contributed by atoms with E-state index in [1.807, 2.05) is 19.9 Å². The topological polar surface area (TPSA) is 77.8 Å². The normalized spacial score (nSPS) is 56.3. The van der Waals surface area contributed by atoms with Crippen molar-refractivity contribution >= 4 is 5.78 Å². The molecule has 4 nitrogen and oxygen atoms in total. The van der Waals surface area contributed by atoms with Gasteiger partial charge in [-0.1, -0.05) is 19.9 Å². The largest absolute Gasteiger partial charge is 0.392 e. The quantitative estimate of drug-likeness (QED) is 0.634. The van der Waals surface area contributed by atoms with Crippen LogP contribution in [0, 0.1) is 28.6 Å². The van der Waals surface area contributed by atoms with Crippen LogP contribution in [0.15, 0.2) is 23.8 Å². The number of hydrogen-bond donors (Lipinski definition) is 3. The van der Waals surface area contributed by atoms with Gasteiger partial charge in [-0.15, -0.1) is 0 Å². The molecule has 24 heavy (non-hydrogen) atoms.